The summed E-state index contributed by atoms with van der Waals surface area (Å²) in [5, 5.41) is 28.6. The van der Waals surface area contributed by atoms with Crippen LogP contribution in [0, 0.1) is 17.3 Å². The molecule has 1 aromatic rings. The van der Waals surface area contributed by atoms with E-state index in [0.29, 0.717) is 54.5 Å². The summed E-state index contributed by atoms with van der Waals surface area (Å²) in [5.41, 5.74) is 8.17. The first-order valence-electron chi connectivity index (χ1n) is 15.3. The highest BCUT2D eigenvalue weighted by atomic mass is 16.6. The number of rotatable bonds is 10. The van der Waals surface area contributed by atoms with Crippen molar-refractivity contribution in [1.29, 1.82) is 0 Å². The van der Waals surface area contributed by atoms with E-state index in [0.717, 1.165) is 38.7 Å². The molecular formula is C29H48N8O4. The Morgan fingerprint density at radius 1 is 1.20 bits per heavy atom. The summed E-state index contributed by atoms with van der Waals surface area (Å²) in [6.45, 7) is 6.41. The van der Waals surface area contributed by atoms with E-state index in [1.807, 2.05) is 0 Å². The van der Waals surface area contributed by atoms with Crippen molar-refractivity contribution in [3.05, 3.63) is 6.33 Å². The molecule has 41 heavy (non-hydrogen) atoms. The van der Waals surface area contributed by atoms with Gasteiger partial charge in [0.25, 0.3) is 0 Å². The van der Waals surface area contributed by atoms with E-state index in [2.05, 4.69) is 46.4 Å². The monoisotopic (exact) mass is 572 g/mol. The first-order chi connectivity index (χ1) is 19.6. The largest absolute Gasteiger partial charge is 0.387 e. The Kier molecular flexibility index (Phi) is 8.16. The van der Waals surface area contributed by atoms with Gasteiger partial charge in [-0.05, 0) is 69.2 Å². The van der Waals surface area contributed by atoms with Crippen LogP contribution in [0.1, 0.15) is 58.8 Å². The maximum Gasteiger partial charge on any atom is 0.162 e. The number of fused-ring (bicyclic) bond motifs is 2. The SMILES string of the molecule is COCC(C)(C)C1CCC2=NC(CCC3CC(N(C)C[C@H]4O[C@@H](N5CNc6c(N)ncnc65)[C@H](O)[C@@H]4O)C3)NC2C1. The van der Waals surface area contributed by atoms with Gasteiger partial charge in [-0.1, -0.05) is 13.8 Å². The van der Waals surface area contributed by atoms with Crippen molar-refractivity contribution in [2.45, 2.75) is 102 Å². The zero-order valence-corrected chi connectivity index (χ0v) is 24.9. The lowest BCUT2D eigenvalue weighted by Crippen LogP contribution is -2.48. The van der Waals surface area contributed by atoms with Crippen LogP contribution >= 0.6 is 0 Å². The second-order valence-corrected chi connectivity index (χ2v) is 13.6. The first kappa shape index (κ1) is 29.0. The van der Waals surface area contributed by atoms with Gasteiger partial charge in [-0.15, -0.1) is 0 Å². The van der Waals surface area contributed by atoms with Gasteiger partial charge in [0.2, 0.25) is 0 Å². The highest BCUT2D eigenvalue weighted by molar-refractivity contribution is 5.92. The van der Waals surface area contributed by atoms with Crippen LogP contribution in [0.15, 0.2) is 11.3 Å². The number of hydrogen-bond acceptors (Lipinski definition) is 12. The lowest BCUT2D eigenvalue weighted by Gasteiger charge is -2.42. The minimum absolute atomic E-state index is 0.200. The third-order valence-electron chi connectivity index (χ3n) is 10.4. The third-order valence-corrected chi connectivity index (χ3v) is 10.4. The maximum atomic E-state index is 10.8. The molecule has 6 rings (SSSR count). The summed E-state index contributed by atoms with van der Waals surface area (Å²) in [5.74, 6) is 2.30. The highest BCUT2D eigenvalue weighted by Gasteiger charge is 2.48. The van der Waals surface area contributed by atoms with Crippen molar-refractivity contribution >= 4 is 23.0 Å². The van der Waals surface area contributed by atoms with Crippen molar-refractivity contribution < 1.29 is 19.7 Å². The van der Waals surface area contributed by atoms with Crippen LogP contribution in [-0.4, -0.2) is 108 Å². The molecule has 4 heterocycles. The zero-order chi connectivity index (χ0) is 28.9. The topological polar surface area (TPSA) is 154 Å². The Morgan fingerprint density at radius 3 is 2.78 bits per heavy atom. The van der Waals surface area contributed by atoms with Gasteiger partial charge in [0.15, 0.2) is 17.9 Å². The fourth-order valence-electron chi connectivity index (χ4n) is 7.66. The standard InChI is InChI=1S/C29H48N8O4/c1-29(2,13-40-4)17-6-7-19-20(11-17)35-22(34-19)8-5-16-9-18(10-16)36(3)12-21-24(38)25(39)28(41-21)37-15-33-23-26(30)31-14-32-27(23)37/h14,16-18,20-22,24-25,28,33,35,38-39H,5-13,15H2,1-4H3,(H2,30,31,32)/t16?,17?,18?,20?,21-,22?,24-,25-,28-/m1/s1. The van der Waals surface area contributed by atoms with Crippen LogP contribution in [0.5, 0.6) is 0 Å². The molecule has 3 fully saturated rings. The smallest absolute Gasteiger partial charge is 0.162 e. The normalized spacial score (nSPS) is 36.6. The predicted octanol–water partition coefficient (Wildman–Crippen LogP) is 1.40. The van der Waals surface area contributed by atoms with Crippen LogP contribution in [0.25, 0.3) is 0 Å². The number of aromatic nitrogens is 2. The van der Waals surface area contributed by atoms with Crippen LogP contribution in [-0.2, 0) is 9.47 Å². The molecule has 2 aliphatic carbocycles. The van der Waals surface area contributed by atoms with Gasteiger partial charge in [0, 0.05) is 31.4 Å². The van der Waals surface area contributed by atoms with Gasteiger partial charge < -0.3 is 40.5 Å². The second-order valence-electron chi connectivity index (χ2n) is 13.6. The molecule has 0 aromatic carbocycles. The van der Waals surface area contributed by atoms with Crippen molar-refractivity contribution in [2.24, 2.45) is 22.2 Å². The fraction of sp³-hybridized carbons (Fsp3) is 0.828. The molecule has 6 N–H and O–H groups in total. The van der Waals surface area contributed by atoms with Crippen molar-refractivity contribution in [3.8, 4) is 0 Å². The molecule has 1 saturated heterocycles. The summed E-state index contributed by atoms with van der Waals surface area (Å²) < 4.78 is 11.7. The van der Waals surface area contributed by atoms with E-state index in [9.17, 15) is 10.2 Å². The molecule has 0 spiro atoms. The molecule has 2 saturated carbocycles. The van der Waals surface area contributed by atoms with Crippen LogP contribution < -0.4 is 21.3 Å². The molecule has 228 valence electrons. The number of aliphatic hydroxyl groups excluding tert-OH is 2. The summed E-state index contributed by atoms with van der Waals surface area (Å²) in [4.78, 5) is 17.5. The molecule has 1 aromatic heterocycles. The molecule has 3 aliphatic heterocycles. The van der Waals surface area contributed by atoms with Crippen LogP contribution in [0.4, 0.5) is 17.3 Å². The molecule has 5 aliphatic rings. The van der Waals surface area contributed by atoms with E-state index >= 15 is 0 Å². The van der Waals surface area contributed by atoms with E-state index in [4.69, 9.17) is 20.2 Å². The lowest BCUT2D eigenvalue weighted by molar-refractivity contribution is -0.0260. The molecule has 0 amide bonds. The number of nitrogens with zero attached hydrogens (tertiary/aromatic N) is 5. The van der Waals surface area contributed by atoms with Gasteiger partial charge in [-0.25, -0.2) is 9.97 Å². The summed E-state index contributed by atoms with van der Waals surface area (Å²) in [6, 6.07) is 0.893. The number of likely N-dealkylation sites (N-methyl/N-ethyl adjacent to an activating group) is 1. The number of nitrogens with two attached hydrogens (primary N) is 1. The van der Waals surface area contributed by atoms with E-state index < -0.39 is 24.5 Å². The van der Waals surface area contributed by atoms with Gasteiger partial charge in [0.1, 0.15) is 30.3 Å². The van der Waals surface area contributed by atoms with Gasteiger partial charge >= 0.3 is 0 Å². The number of nitrogens with one attached hydrogen (secondary N) is 2. The van der Waals surface area contributed by atoms with Crippen LogP contribution in [0.2, 0.25) is 0 Å². The maximum absolute atomic E-state index is 10.8. The predicted molar refractivity (Wildman–Crippen MR) is 158 cm³/mol. The Hall–Kier alpha value is -2.09. The minimum Gasteiger partial charge on any atom is -0.387 e. The Morgan fingerprint density at radius 2 is 2.00 bits per heavy atom. The van der Waals surface area contributed by atoms with Crippen molar-refractivity contribution in [3.63, 3.8) is 0 Å². The minimum atomic E-state index is -1.04. The van der Waals surface area contributed by atoms with Crippen LogP contribution in [0.3, 0.4) is 0 Å². The quantitative estimate of drug-likeness (QED) is 0.276. The molecule has 7 atom stereocenters. The molecular weight excluding hydrogens is 524 g/mol. The van der Waals surface area contributed by atoms with Crippen molar-refractivity contribution in [1.82, 2.24) is 20.2 Å². The first-order valence-corrected chi connectivity index (χ1v) is 15.3. The average Bonchev–Trinajstić information content (AvgIpc) is 3.60. The number of aliphatic imine (C=N–C) groups is 1. The number of ether oxygens (including phenoxy) is 2. The molecule has 12 heteroatoms. The van der Waals surface area contributed by atoms with E-state index in [1.165, 1.54) is 24.9 Å². The second kappa shape index (κ2) is 11.5. The Labute approximate surface area is 243 Å². The lowest BCUT2D eigenvalue weighted by atomic mass is 9.70. The van der Waals surface area contributed by atoms with Gasteiger partial charge in [0.05, 0.1) is 19.4 Å². The van der Waals surface area contributed by atoms with E-state index in [1.54, 1.807) is 12.0 Å². The van der Waals surface area contributed by atoms with E-state index in [-0.39, 0.29) is 11.6 Å². The highest BCUT2D eigenvalue weighted by Crippen LogP contribution is 2.41. The molecule has 12 nitrogen and oxygen atoms in total. The number of nitrogen functional groups attached to an aromatic ring is 1. The summed E-state index contributed by atoms with van der Waals surface area (Å²) >= 11 is 0. The molecule has 0 bridgehead atoms. The van der Waals surface area contributed by atoms with Gasteiger partial charge in [-0.3, -0.25) is 10.3 Å². The Balaban J connectivity index is 0.934. The number of hydrogen-bond donors (Lipinski definition) is 5. The van der Waals surface area contributed by atoms with Crippen molar-refractivity contribution in [2.75, 3.05) is 49.9 Å². The fourth-order valence-corrected chi connectivity index (χ4v) is 7.66. The van der Waals surface area contributed by atoms with Gasteiger partial charge in [-0.2, -0.15) is 0 Å². The third kappa shape index (κ3) is 5.66. The average molecular weight is 573 g/mol. The summed E-state index contributed by atoms with van der Waals surface area (Å²) in [6.07, 6.45) is 6.47. The molecule has 3 unspecified atom stereocenters. The number of methoxy groups -OCH3 is 1. The number of anilines is 3. The number of aliphatic hydroxyl groups is 2. The summed E-state index contributed by atoms with van der Waals surface area (Å²) in [7, 11) is 3.89. The Bertz CT molecular complexity index is 1110. The molecule has 0 radical (unpaired) electrons. The zero-order valence-electron chi connectivity index (χ0n) is 24.9.